The molecule has 160 valence electrons. The van der Waals surface area contributed by atoms with E-state index in [4.69, 9.17) is 18.9 Å². The van der Waals surface area contributed by atoms with Crippen LogP contribution in [0.2, 0.25) is 0 Å². The highest BCUT2D eigenvalue weighted by Gasteiger charge is 2.42. The molecule has 1 N–H and O–H groups in total. The van der Waals surface area contributed by atoms with E-state index in [9.17, 15) is 5.11 Å². The Morgan fingerprint density at radius 1 is 1.03 bits per heavy atom. The third-order valence-electron chi connectivity index (χ3n) is 6.46. The van der Waals surface area contributed by atoms with Gasteiger partial charge in [-0.3, -0.25) is 4.90 Å². The average Bonchev–Trinajstić information content (AvgIpc) is 3.35. The Kier molecular flexibility index (Phi) is 5.44. The van der Waals surface area contributed by atoms with Crippen LogP contribution in [0.25, 0.3) is 0 Å². The van der Waals surface area contributed by atoms with Crippen molar-refractivity contribution in [2.45, 2.75) is 38.5 Å². The molecule has 0 unspecified atom stereocenters. The van der Waals surface area contributed by atoms with E-state index in [1.165, 1.54) is 5.56 Å². The monoisotopic (exact) mass is 411 g/mol. The van der Waals surface area contributed by atoms with Crippen molar-refractivity contribution in [1.82, 2.24) is 4.90 Å². The summed E-state index contributed by atoms with van der Waals surface area (Å²) in [6, 6.07) is 13.9. The first-order valence-corrected chi connectivity index (χ1v) is 10.9. The van der Waals surface area contributed by atoms with Crippen LogP contribution in [0.15, 0.2) is 42.5 Å². The molecule has 5 rings (SSSR count). The summed E-state index contributed by atoms with van der Waals surface area (Å²) in [5.74, 6) is 4.18. The Balaban J connectivity index is 1.22. The van der Waals surface area contributed by atoms with Gasteiger partial charge in [-0.1, -0.05) is 18.2 Å². The van der Waals surface area contributed by atoms with E-state index in [1.54, 1.807) is 0 Å². The van der Waals surface area contributed by atoms with Crippen LogP contribution >= 0.6 is 0 Å². The van der Waals surface area contributed by atoms with Crippen molar-refractivity contribution in [3.63, 3.8) is 0 Å². The summed E-state index contributed by atoms with van der Waals surface area (Å²) in [5.41, 5.74) is 1.23. The van der Waals surface area contributed by atoms with Gasteiger partial charge < -0.3 is 24.1 Å². The largest absolute Gasteiger partial charge is 0.494 e. The molecule has 1 saturated heterocycles. The van der Waals surface area contributed by atoms with Crippen molar-refractivity contribution in [1.29, 1.82) is 0 Å². The SMILES string of the molecule is CCOc1ccccc1CN1C[C@H]2C[C@@H](Oc3ccc4c(c3)OCO4)[C@H](O)C[C@H]2C1. The Morgan fingerprint density at radius 3 is 2.70 bits per heavy atom. The Morgan fingerprint density at radius 2 is 1.83 bits per heavy atom. The molecular weight excluding hydrogens is 382 g/mol. The summed E-state index contributed by atoms with van der Waals surface area (Å²) in [5, 5.41) is 10.7. The predicted octanol–water partition coefficient (Wildman–Crippen LogP) is 3.46. The zero-order valence-electron chi connectivity index (χ0n) is 17.3. The van der Waals surface area contributed by atoms with E-state index in [-0.39, 0.29) is 12.9 Å². The fourth-order valence-electron chi connectivity index (χ4n) is 5.04. The number of rotatable bonds is 6. The van der Waals surface area contributed by atoms with Gasteiger partial charge in [0, 0.05) is 31.3 Å². The van der Waals surface area contributed by atoms with E-state index >= 15 is 0 Å². The number of nitrogens with zero attached hydrogens (tertiary/aromatic N) is 1. The molecule has 2 aliphatic heterocycles. The molecule has 2 aromatic rings. The van der Waals surface area contributed by atoms with Gasteiger partial charge in [0.15, 0.2) is 11.5 Å². The van der Waals surface area contributed by atoms with Crippen LogP contribution in [0.3, 0.4) is 0 Å². The standard InChI is InChI=1S/C24H29NO5/c1-2-27-21-6-4-3-5-16(21)12-25-13-17-9-20(26)23(10-18(17)14-25)30-19-7-8-22-24(11-19)29-15-28-22/h3-8,11,17-18,20,23,26H,2,9-10,12-15H2,1H3/t17-,18+,20+,23+/m0/s1. The van der Waals surface area contributed by atoms with Crippen LogP contribution in [-0.2, 0) is 6.54 Å². The minimum Gasteiger partial charge on any atom is -0.494 e. The van der Waals surface area contributed by atoms with Gasteiger partial charge in [0.05, 0.1) is 12.7 Å². The first-order valence-electron chi connectivity index (χ1n) is 10.9. The minimum absolute atomic E-state index is 0.192. The average molecular weight is 411 g/mol. The number of para-hydroxylation sites is 1. The van der Waals surface area contributed by atoms with Crippen molar-refractivity contribution in [2.75, 3.05) is 26.5 Å². The van der Waals surface area contributed by atoms with Crippen molar-refractivity contribution in [3.8, 4) is 23.0 Å². The summed E-state index contributed by atoms with van der Waals surface area (Å²) in [6.45, 7) is 5.86. The summed E-state index contributed by atoms with van der Waals surface area (Å²) in [6.07, 6.45) is 1.00. The number of aliphatic hydroxyl groups is 1. The number of benzene rings is 2. The number of aliphatic hydroxyl groups excluding tert-OH is 1. The first-order chi connectivity index (χ1) is 14.7. The van der Waals surface area contributed by atoms with Crippen LogP contribution in [0, 0.1) is 11.8 Å². The molecule has 3 aliphatic rings. The lowest BCUT2D eigenvalue weighted by molar-refractivity contribution is -0.0232. The van der Waals surface area contributed by atoms with E-state index in [1.807, 2.05) is 37.3 Å². The van der Waals surface area contributed by atoms with Gasteiger partial charge in [0.2, 0.25) is 6.79 Å². The van der Waals surface area contributed by atoms with Gasteiger partial charge >= 0.3 is 0 Å². The lowest BCUT2D eigenvalue weighted by Crippen LogP contribution is -2.42. The molecule has 2 fully saturated rings. The third-order valence-corrected chi connectivity index (χ3v) is 6.46. The highest BCUT2D eigenvalue weighted by Crippen LogP contribution is 2.40. The maximum absolute atomic E-state index is 10.7. The molecule has 0 aromatic heterocycles. The molecule has 2 heterocycles. The minimum atomic E-state index is -0.452. The number of likely N-dealkylation sites (tertiary alicyclic amines) is 1. The molecule has 1 aliphatic carbocycles. The Bertz CT molecular complexity index is 888. The van der Waals surface area contributed by atoms with Crippen LogP contribution in [0.4, 0.5) is 0 Å². The van der Waals surface area contributed by atoms with E-state index in [2.05, 4.69) is 17.0 Å². The van der Waals surface area contributed by atoms with E-state index in [0.29, 0.717) is 24.2 Å². The number of hydrogen-bond donors (Lipinski definition) is 1. The fraction of sp³-hybridized carbons (Fsp3) is 0.500. The molecule has 1 saturated carbocycles. The van der Waals surface area contributed by atoms with Crippen LogP contribution < -0.4 is 18.9 Å². The topological polar surface area (TPSA) is 60.4 Å². The molecule has 6 nitrogen and oxygen atoms in total. The summed E-state index contributed by atoms with van der Waals surface area (Å²) >= 11 is 0. The van der Waals surface area contributed by atoms with Crippen LogP contribution in [0.5, 0.6) is 23.0 Å². The Labute approximate surface area is 177 Å². The second-order valence-electron chi connectivity index (χ2n) is 8.47. The van der Waals surface area contributed by atoms with E-state index in [0.717, 1.165) is 49.7 Å². The molecule has 2 aromatic carbocycles. The second kappa shape index (κ2) is 8.36. The smallest absolute Gasteiger partial charge is 0.231 e. The van der Waals surface area contributed by atoms with Gasteiger partial charge in [0.25, 0.3) is 0 Å². The molecule has 6 heteroatoms. The number of hydrogen-bond acceptors (Lipinski definition) is 6. The van der Waals surface area contributed by atoms with Crippen molar-refractivity contribution in [2.24, 2.45) is 11.8 Å². The number of ether oxygens (including phenoxy) is 4. The first kappa shape index (κ1) is 19.5. The van der Waals surface area contributed by atoms with Crippen molar-refractivity contribution in [3.05, 3.63) is 48.0 Å². The zero-order chi connectivity index (χ0) is 20.5. The van der Waals surface area contributed by atoms with Gasteiger partial charge in [-0.05, 0) is 49.8 Å². The lowest BCUT2D eigenvalue weighted by Gasteiger charge is -2.35. The zero-order valence-corrected chi connectivity index (χ0v) is 17.3. The number of fused-ring (bicyclic) bond motifs is 2. The molecule has 0 amide bonds. The highest BCUT2D eigenvalue weighted by molar-refractivity contribution is 5.47. The maximum Gasteiger partial charge on any atom is 0.231 e. The molecule has 0 radical (unpaired) electrons. The summed E-state index contributed by atoms with van der Waals surface area (Å²) in [4.78, 5) is 2.49. The normalized spacial score (nSPS) is 27.7. The van der Waals surface area contributed by atoms with Crippen molar-refractivity contribution >= 4 is 0 Å². The molecule has 0 spiro atoms. The van der Waals surface area contributed by atoms with Gasteiger partial charge in [-0.25, -0.2) is 0 Å². The highest BCUT2D eigenvalue weighted by atomic mass is 16.7. The Hall–Kier alpha value is -2.44. The fourth-order valence-corrected chi connectivity index (χ4v) is 5.04. The van der Waals surface area contributed by atoms with Gasteiger partial charge in [0.1, 0.15) is 17.6 Å². The second-order valence-corrected chi connectivity index (χ2v) is 8.47. The predicted molar refractivity (Wildman–Crippen MR) is 112 cm³/mol. The molecule has 0 bridgehead atoms. The van der Waals surface area contributed by atoms with Crippen LogP contribution in [0.1, 0.15) is 25.3 Å². The molecule has 4 atom stereocenters. The van der Waals surface area contributed by atoms with Crippen LogP contribution in [-0.4, -0.2) is 48.7 Å². The molecular formula is C24H29NO5. The quantitative estimate of drug-likeness (QED) is 0.786. The van der Waals surface area contributed by atoms with Gasteiger partial charge in [-0.15, -0.1) is 0 Å². The summed E-state index contributed by atoms with van der Waals surface area (Å²) < 4.78 is 22.8. The van der Waals surface area contributed by atoms with E-state index < -0.39 is 6.10 Å². The maximum atomic E-state index is 10.7. The third kappa shape index (κ3) is 3.94. The lowest BCUT2D eigenvalue weighted by atomic mass is 9.78. The van der Waals surface area contributed by atoms with Gasteiger partial charge in [-0.2, -0.15) is 0 Å². The molecule has 30 heavy (non-hydrogen) atoms. The van der Waals surface area contributed by atoms with Crippen molar-refractivity contribution < 1.29 is 24.1 Å². The summed E-state index contributed by atoms with van der Waals surface area (Å²) in [7, 11) is 0.